The molecule has 170 valence electrons. The topological polar surface area (TPSA) is 75.2 Å². The number of nitrogens with one attached hydrogen (secondary N) is 2. The summed E-state index contributed by atoms with van der Waals surface area (Å²) in [5, 5.41) is 6.59. The number of ether oxygens (including phenoxy) is 2. The van der Waals surface area contributed by atoms with Crippen LogP contribution in [0.1, 0.15) is 49.0 Å². The minimum absolute atomic E-state index is 0. The highest BCUT2D eigenvalue weighted by atomic mass is 127. The maximum absolute atomic E-state index is 12.4. The average molecular weight is 532 g/mol. The zero-order valence-electron chi connectivity index (χ0n) is 18.5. The van der Waals surface area contributed by atoms with Gasteiger partial charge in [0.2, 0.25) is 0 Å². The van der Waals surface area contributed by atoms with Crippen molar-refractivity contribution in [2.45, 2.75) is 45.8 Å². The highest BCUT2D eigenvalue weighted by molar-refractivity contribution is 14.0. The maximum Gasteiger partial charge on any atom is 0.253 e. The van der Waals surface area contributed by atoms with Gasteiger partial charge in [0.05, 0.1) is 12.7 Å². The number of hydrogen-bond acceptors (Lipinski definition) is 4. The number of guanidine groups is 1. The first kappa shape index (κ1) is 26.6. The van der Waals surface area contributed by atoms with Crippen molar-refractivity contribution in [1.82, 2.24) is 15.5 Å². The van der Waals surface area contributed by atoms with Gasteiger partial charge in [0.25, 0.3) is 5.91 Å². The Balaban J connectivity index is 0.00000450. The minimum atomic E-state index is 0. The summed E-state index contributed by atoms with van der Waals surface area (Å²) < 4.78 is 11.2. The van der Waals surface area contributed by atoms with E-state index in [1.807, 2.05) is 43.0 Å². The van der Waals surface area contributed by atoms with Gasteiger partial charge < -0.3 is 25.0 Å². The SMILES string of the molecule is CCN(CC)C(=O)c1ccc(CNC(=NC)NCCCOCC2CCCO2)cc1.I. The lowest BCUT2D eigenvalue weighted by Crippen LogP contribution is -2.37. The molecule has 0 saturated carbocycles. The van der Waals surface area contributed by atoms with Gasteiger partial charge in [-0.2, -0.15) is 0 Å². The van der Waals surface area contributed by atoms with E-state index in [0.29, 0.717) is 19.8 Å². The molecule has 1 aliphatic heterocycles. The third-order valence-corrected chi connectivity index (χ3v) is 5.02. The summed E-state index contributed by atoms with van der Waals surface area (Å²) in [6, 6.07) is 7.74. The third-order valence-electron chi connectivity index (χ3n) is 5.02. The first-order valence-electron chi connectivity index (χ1n) is 10.7. The van der Waals surface area contributed by atoms with E-state index < -0.39 is 0 Å². The molecule has 1 aromatic carbocycles. The molecule has 7 nitrogen and oxygen atoms in total. The Bertz CT molecular complexity index is 630. The van der Waals surface area contributed by atoms with Gasteiger partial charge in [0.15, 0.2) is 5.96 Å². The minimum Gasteiger partial charge on any atom is -0.379 e. The molecule has 1 aliphatic rings. The summed E-state index contributed by atoms with van der Waals surface area (Å²) in [5.74, 6) is 0.834. The summed E-state index contributed by atoms with van der Waals surface area (Å²) in [4.78, 5) is 18.4. The van der Waals surface area contributed by atoms with Gasteiger partial charge in [0.1, 0.15) is 0 Å². The van der Waals surface area contributed by atoms with Crippen LogP contribution in [-0.4, -0.2) is 69.4 Å². The average Bonchev–Trinajstić information content (AvgIpc) is 3.27. The van der Waals surface area contributed by atoms with E-state index in [2.05, 4.69) is 15.6 Å². The van der Waals surface area contributed by atoms with E-state index in [1.165, 1.54) is 0 Å². The Labute approximate surface area is 198 Å². The molecular weight excluding hydrogens is 495 g/mol. The number of rotatable bonds is 11. The molecule has 2 N–H and O–H groups in total. The molecule has 0 radical (unpaired) electrons. The van der Waals surface area contributed by atoms with Gasteiger partial charge in [-0.15, -0.1) is 24.0 Å². The first-order chi connectivity index (χ1) is 14.2. The van der Waals surface area contributed by atoms with Crippen LogP contribution >= 0.6 is 24.0 Å². The van der Waals surface area contributed by atoms with Crippen molar-refractivity contribution in [3.05, 3.63) is 35.4 Å². The fourth-order valence-electron chi connectivity index (χ4n) is 3.24. The van der Waals surface area contributed by atoms with Crippen LogP contribution in [0.25, 0.3) is 0 Å². The molecule has 1 aromatic rings. The van der Waals surface area contributed by atoms with Gasteiger partial charge in [-0.25, -0.2) is 0 Å². The van der Waals surface area contributed by atoms with E-state index in [9.17, 15) is 4.79 Å². The normalized spacial score (nSPS) is 16.1. The van der Waals surface area contributed by atoms with E-state index >= 15 is 0 Å². The molecular formula is C22H37IN4O3. The highest BCUT2D eigenvalue weighted by Crippen LogP contribution is 2.12. The largest absolute Gasteiger partial charge is 0.379 e. The van der Waals surface area contributed by atoms with Gasteiger partial charge in [-0.1, -0.05) is 12.1 Å². The maximum atomic E-state index is 12.4. The molecule has 0 aromatic heterocycles. The van der Waals surface area contributed by atoms with E-state index in [4.69, 9.17) is 9.47 Å². The predicted octanol–water partition coefficient (Wildman–Crippen LogP) is 3.04. The number of nitrogens with zero attached hydrogens (tertiary/aromatic N) is 2. The van der Waals surface area contributed by atoms with Crippen LogP contribution in [0.4, 0.5) is 0 Å². The zero-order valence-corrected chi connectivity index (χ0v) is 20.8. The van der Waals surface area contributed by atoms with Crippen molar-refractivity contribution in [2.24, 2.45) is 4.99 Å². The Morgan fingerprint density at radius 2 is 1.97 bits per heavy atom. The van der Waals surface area contributed by atoms with Crippen molar-refractivity contribution in [3.63, 3.8) is 0 Å². The zero-order chi connectivity index (χ0) is 20.9. The molecule has 0 bridgehead atoms. The van der Waals surface area contributed by atoms with Crippen LogP contribution in [0.2, 0.25) is 0 Å². The number of amides is 1. The van der Waals surface area contributed by atoms with Crippen LogP contribution in [0.5, 0.6) is 0 Å². The fourth-order valence-corrected chi connectivity index (χ4v) is 3.24. The van der Waals surface area contributed by atoms with Crippen LogP contribution in [0.15, 0.2) is 29.3 Å². The van der Waals surface area contributed by atoms with Crippen LogP contribution in [0, 0.1) is 0 Å². The summed E-state index contributed by atoms with van der Waals surface area (Å²) in [6.45, 7) is 9.15. The van der Waals surface area contributed by atoms with Gasteiger partial charge in [0, 0.05) is 52.0 Å². The van der Waals surface area contributed by atoms with Crippen molar-refractivity contribution in [2.75, 3.05) is 46.5 Å². The molecule has 30 heavy (non-hydrogen) atoms. The van der Waals surface area contributed by atoms with Gasteiger partial charge >= 0.3 is 0 Å². The van der Waals surface area contributed by atoms with Gasteiger partial charge in [-0.05, 0) is 50.8 Å². The van der Waals surface area contributed by atoms with E-state index in [-0.39, 0.29) is 36.0 Å². The first-order valence-corrected chi connectivity index (χ1v) is 10.7. The molecule has 0 spiro atoms. The van der Waals surface area contributed by atoms with Crippen LogP contribution in [-0.2, 0) is 16.0 Å². The number of hydrogen-bond donors (Lipinski definition) is 2. The number of carbonyl (C=O) groups is 1. The van der Waals surface area contributed by atoms with E-state index in [1.54, 1.807) is 7.05 Å². The molecule has 1 unspecified atom stereocenters. The third kappa shape index (κ3) is 9.18. The number of carbonyl (C=O) groups excluding carboxylic acids is 1. The Morgan fingerprint density at radius 1 is 1.23 bits per heavy atom. The molecule has 1 amide bonds. The number of benzene rings is 1. The monoisotopic (exact) mass is 532 g/mol. The quantitative estimate of drug-likeness (QED) is 0.198. The molecule has 1 fully saturated rings. The second kappa shape index (κ2) is 15.4. The van der Waals surface area contributed by atoms with Crippen molar-refractivity contribution < 1.29 is 14.3 Å². The summed E-state index contributed by atoms with van der Waals surface area (Å²) in [7, 11) is 1.76. The molecule has 1 saturated heterocycles. The van der Waals surface area contributed by atoms with Crippen molar-refractivity contribution >= 4 is 35.8 Å². The van der Waals surface area contributed by atoms with Crippen molar-refractivity contribution in [1.29, 1.82) is 0 Å². The second-order valence-electron chi connectivity index (χ2n) is 7.09. The smallest absolute Gasteiger partial charge is 0.253 e. The standard InChI is InChI=1S/C22H36N4O3.HI/c1-4-26(5-2)21(27)19-11-9-18(10-12-19)16-25-22(23-3)24-13-7-14-28-17-20-8-6-15-29-20;/h9-12,20H,4-8,13-17H2,1-3H3,(H2,23,24,25);1H. The van der Waals surface area contributed by atoms with Crippen LogP contribution in [0.3, 0.4) is 0 Å². The molecule has 0 aliphatic carbocycles. The lowest BCUT2D eigenvalue weighted by Gasteiger charge is -2.18. The lowest BCUT2D eigenvalue weighted by molar-refractivity contribution is 0.0168. The molecule has 2 rings (SSSR count). The fraction of sp³-hybridized carbons (Fsp3) is 0.636. The second-order valence-corrected chi connectivity index (χ2v) is 7.09. The summed E-state index contributed by atoms with van der Waals surface area (Å²) in [6.07, 6.45) is 3.45. The predicted molar refractivity (Wildman–Crippen MR) is 132 cm³/mol. The molecule has 8 heteroatoms. The summed E-state index contributed by atoms with van der Waals surface area (Å²) >= 11 is 0. The lowest BCUT2D eigenvalue weighted by atomic mass is 10.1. The summed E-state index contributed by atoms with van der Waals surface area (Å²) in [5.41, 5.74) is 1.83. The Kier molecular flexibility index (Phi) is 13.7. The Hall–Kier alpha value is -1.39. The Morgan fingerprint density at radius 3 is 2.57 bits per heavy atom. The molecule has 1 atom stereocenters. The highest BCUT2D eigenvalue weighted by Gasteiger charge is 2.15. The van der Waals surface area contributed by atoms with Crippen LogP contribution < -0.4 is 10.6 Å². The van der Waals surface area contributed by atoms with E-state index in [0.717, 1.165) is 62.6 Å². The number of aliphatic imine (C=N–C) groups is 1. The van der Waals surface area contributed by atoms with Crippen molar-refractivity contribution in [3.8, 4) is 0 Å². The van der Waals surface area contributed by atoms with Gasteiger partial charge in [-0.3, -0.25) is 9.79 Å². The number of halogens is 1. The molecule has 1 heterocycles.